The lowest BCUT2D eigenvalue weighted by Gasteiger charge is -2.29. The van der Waals surface area contributed by atoms with Crippen molar-refractivity contribution < 1.29 is 0 Å². The van der Waals surface area contributed by atoms with Gasteiger partial charge >= 0.3 is 0 Å². The minimum Gasteiger partial charge on any atom is -0.278 e. The molecule has 102 valence electrons. The fourth-order valence-electron chi connectivity index (χ4n) is 2.68. The number of hydrogen-bond donors (Lipinski definition) is 0. The molecule has 3 rings (SSSR count). The van der Waals surface area contributed by atoms with Gasteiger partial charge in [0.25, 0.3) is 0 Å². The van der Waals surface area contributed by atoms with Crippen LogP contribution in [0.15, 0.2) is 46.1 Å². The number of hydrogen-bond acceptors (Lipinski definition) is 2. The second-order valence-corrected chi connectivity index (χ2v) is 6.69. The van der Waals surface area contributed by atoms with Gasteiger partial charge in [0, 0.05) is 17.3 Å². The smallest absolute Gasteiger partial charge is 0.109 e. The SMILES string of the molecule is Cc1cc(C2=NC(C)(C)Cc3ccccc32)cnc1Br. The summed E-state index contributed by atoms with van der Waals surface area (Å²) in [5.41, 5.74) is 5.81. The standard InChI is InChI=1S/C17H17BrN2/c1-11-8-13(10-19-16(11)18)15-14-7-5-4-6-12(14)9-17(2,3)20-15/h4-8,10H,9H2,1-3H3. The van der Waals surface area contributed by atoms with E-state index in [2.05, 4.69) is 72.0 Å². The molecule has 1 aromatic heterocycles. The number of fused-ring (bicyclic) bond motifs is 1. The van der Waals surface area contributed by atoms with Gasteiger partial charge in [-0.05, 0) is 60.3 Å². The summed E-state index contributed by atoms with van der Waals surface area (Å²) in [4.78, 5) is 9.37. The first-order chi connectivity index (χ1) is 9.46. The molecule has 0 amide bonds. The zero-order valence-corrected chi connectivity index (χ0v) is 13.5. The van der Waals surface area contributed by atoms with E-state index < -0.39 is 0 Å². The molecule has 0 bridgehead atoms. The maximum atomic E-state index is 4.96. The Labute approximate surface area is 128 Å². The van der Waals surface area contributed by atoms with Crippen molar-refractivity contribution >= 4 is 21.6 Å². The highest BCUT2D eigenvalue weighted by atomic mass is 79.9. The Balaban J connectivity index is 2.19. The van der Waals surface area contributed by atoms with Gasteiger partial charge in [0.15, 0.2) is 0 Å². The number of pyridine rings is 1. The quantitative estimate of drug-likeness (QED) is 0.715. The summed E-state index contributed by atoms with van der Waals surface area (Å²) in [6.07, 6.45) is 2.88. The van der Waals surface area contributed by atoms with Crippen LogP contribution in [0.2, 0.25) is 0 Å². The van der Waals surface area contributed by atoms with Crippen LogP contribution in [-0.2, 0) is 6.42 Å². The first-order valence-electron chi connectivity index (χ1n) is 6.77. The molecule has 0 spiro atoms. The minimum atomic E-state index is -0.0648. The second-order valence-electron chi connectivity index (χ2n) is 5.94. The highest BCUT2D eigenvalue weighted by Crippen LogP contribution is 2.29. The minimum absolute atomic E-state index is 0.0648. The zero-order chi connectivity index (χ0) is 14.3. The van der Waals surface area contributed by atoms with Crippen molar-refractivity contribution in [1.29, 1.82) is 0 Å². The lowest BCUT2D eigenvalue weighted by molar-refractivity contribution is 0.513. The molecule has 1 aliphatic rings. The largest absolute Gasteiger partial charge is 0.278 e. The van der Waals surface area contributed by atoms with Gasteiger partial charge in [-0.1, -0.05) is 24.3 Å². The Hall–Kier alpha value is -1.48. The van der Waals surface area contributed by atoms with Crippen LogP contribution < -0.4 is 0 Å². The van der Waals surface area contributed by atoms with Crippen LogP contribution in [0.25, 0.3) is 0 Å². The molecule has 20 heavy (non-hydrogen) atoms. The maximum Gasteiger partial charge on any atom is 0.109 e. The van der Waals surface area contributed by atoms with Gasteiger partial charge in [0.1, 0.15) is 4.60 Å². The highest BCUT2D eigenvalue weighted by Gasteiger charge is 2.27. The van der Waals surface area contributed by atoms with Crippen LogP contribution in [0.3, 0.4) is 0 Å². The van der Waals surface area contributed by atoms with E-state index in [-0.39, 0.29) is 5.54 Å². The van der Waals surface area contributed by atoms with Gasteiger partial charge in [0.2, 0.25) is 0 Å². The van der Waals surface area contributed by atoms with Crippen LogP contribution in [0.4, 0.5) is 0 Å². The van der Waals surface area contributed by atoms with Gasteiger partial charge in [-0.15, -0.1) is 0 Å². The number of benzene rings is 1. The summed E-state index contributed by atoms with van der Waals surface area (Å²) < 4.78 is 0.894. The number of halogens is 1. The lowest BCUT2D eigenvalue weighted by Crippen LogP contribution is -2.29. The van der Waals surface area contributed by atoms with Crippen molar-refractivity contribution in [3.8, 4) is 0 Å². The summed E-state index contributed by atoms with van der Waals surface area (Å²) in [6.45, 7) is 6.42. The Morgan fingerprint density at radius 1 is 1.20 bits per heavy atom. The van der Waals surface area contributed by atoms with Crippen LogP contribution >= 0.6 is 15.9 Å². The highest BCUT2D eigenvalue weighted by molar-refractivity contribution is 9.10. The first kappa shape index (κ1) is 13.5. The van der Waals surface area contributed by atoms with E-state index >= 15 is 0 Å². The van der Waals surface area contributed by atoms with Gasteiger partial charge < -0.3 is 0 Å². The Kier molecular flexibility index (Phi) is 3.25. The fraction of sp³-hybridized carbons (Fsp3) is 0.294. The molecule has 1 aliphatic heterocycles. The van der Waals surface area contributed by atoms with Crippen molar-refractivity contribution in [3.63, 3.8) is 0 Å². The van der Waals surface area contributed by atoms with E-state index in [9.17, 15) is 0 Å². The van der Waals surface area contributed by atoms with Crippen LogP contribution in [0.1, 0.15) is 36.1 Å². The van der Waals surface area contributed by atoms with Crippen molar-refractivity contribution in [3.05, 3.63) is 63.4 Å². The molecule has 0 unspecified atom stereocenters. The molecule has 0 aliphatic carbocycles. The molecule has 0 radical (unpaired) electrons. The Morgan fingerprint density at radius 2 is 1.95 bits per heavy atom. The second kappa shape index (κ2) is 4.81. The van der Waals surface area contributed by atoms with Gasteiger partial charge in [-0.3, -0.25) is 4.99 Å². The molecule has 0 saturated carbocycles. The van der Waals surface area contributed by atoms with Crippen molar-refractivity contribution in [2.75, 3.05) is 0 Å². The van der Waals surface area contributed by atoms with Crippen LogP contribution in [0.5, 0.6) is 0 Å². The number of aryl methyl sites for hydroxylation is 1. The van der Waals surface area contributed by atoms with Gasteiger partial charge in [-0.25, -0.2) is 4.98 Å². The van der Waals surface area contributed by atoms with Crippen LogP contribution in [0, 0.1) is 6.92 Å². The average molecular weight is 329 g/mol. The molecule has 0 saturated heterocycles. The van der Waals surface area contributed by atoms with E-state index in [0.717, 1.165) is 27.9 Å². The predicted octanol–water partition coefficient (Wildman–Crippen LogP) is 4.32. The number of rotatable bonds is 1. The molecule has 2 nitrogen and oxygen atoms in total. The molecular weight excluding hydrogens is 312 g/mol. The molecule has 0 atom stereocenters. The monoisotopic (exact) mass is 328 g/mol. The third kappa shape index (κ3) is 2.42. The summed E-state index contributed by atoms with van der Waals surface area (Å²) in [5, 5.41) is 0. The average Bonchev–Trinajstić information content (AvgIpc) is 2.40. The summed E-state index contributed by atoms with van der Waals surface area (Å²) in [6, 6.07) is 10.7. The zero-order valence-electron chi connectivity index (χ0n) is 11.9. The van der Waals surface area contributed by atoms with E-state index in [1.165, 1.54) is 11.1 Å². The van der Waals surface area contributed by atoms with E-state index in [0.29, 0.717) is 0 Å². The van der Waals surface area contributed by atoms with Crippen molar-refractivity contribution in [2.24, 2.45) is 4.99 Å². The Morgan fingerprint density at radius 3 is 2.70 bits per heavy atom. The third-order valence-electron chi connectivity index (χ3n) is 3.60. The number of aromatic nitrogens is 1. The normalized spacial score (nSPS) is 16.5. The topological polar surface area (TPSA) is 25.2 Å². The lowest BCUT2D eigenvalue weighted by atomic mass is 9.85. The summed E-state index contributed by atoms with van der Waals surface area (Å²) in [7, 11) is 0. The van der Waals surface area contributed by atoms with E-state index in [1.54, 1.807) is 0 Å². The van der Waals surface area contributed by atoms with E-state index in [1.807, 2.05) is 6.20 Å². The van der Waals surface area contributed by atoms with E-state index in [4.69, 9.17) is 4.99 Å². The van der Waals surface area contributed by atoms with Gasteiger partial charge in [0.05, 0.1) is 11.3 Å². The first-order valence-corrected chi connectivity index (χ1v) is 7.56. The molecule has 1 aromatic carbocycles. The summed E-state index contributed by atoms with van der Waals surface area (Å²) in [5.74, 6) is 0. The molecule has 2 heterocycles. The molecule has 0 fully saturated rings. The van der Waals surface area contributed by atoms with Gasteiger partial charge in [-0.2, -0.15) is 0 Å². The fourth-order valence-corrected chi connectivity index (χ4v) is 2.90. The molecule has 0 N–H and O–H groups in total. The predicted molar refractivity (Wildman–Crippen MR) is 86.5 cm³/mol. The maximum absolute atomic E-state index is 4.96. The summed E-state index contributed by atoms with van der Waals surface area (Å²) >= 11 is 3.46. The molecular formula is C17H17BrN2. The number of aliphatic imine (C=N–C) groups is 1. The third-order valence-corrected chi connectivity index (χ3v) is 4.43. The van der Waals surface area contributed by atoms with Crippen LogP contribution in [-0.4, -0.2) is 16.2 Å². The Bertz CT molecular complexity index is 702. The number of nitrogens with zero attached hydrogens (tertiary/aromatic N) is 2. The molecule has 3 heteroatoms. The molecule has 2 aromatic rings. The van der Waals surface area contributed by atoms with Crippen molar-refractivity contribution in [1.82, 2.24) is 4.98 Å². The van der Waals surface area contributed by atoms with Crippen molar-refractivity contribution in [2.45, 2.75) is 32.7 Å².